The molecular formula is C13H15ClN4. The molecule has 0 radical (unpaired) electrons. The van der Waals surface area contributed by atoms with Crippen LogP contribution in [0.4, 0.5) is 11.6 Å². The van der Waals surface area contributed by atoms with Gasteiger partial charge in [-0.2, -0.15) is 0 Å². The van der Waals surface area contributed by atoms with Crippen LogP contribution in [0.2, 0.25) is 5.02 Å². The Kier molecular flexibility index (Phi) is 4.36. The van der Waals surface area contributed by atoms with Crippen LogP contribution >= 0.6 is 11.6 Å². The molecule has 18 heavy (non-hydrogen) atoms. The lowest BCUT2D eigenvalue weighted by molar-refractivity contribution is 1.07. The maximum Gasteiger partial charge on any atom is 0.131 e. The molecule has 1 aromatic carbocycles. The molecule has 4 nitrogen and oxygen atoms in total. The first-order chi connectivity index (χ1) is 8.78. The van der Waals surface area contributed by atoms with Crippen LogP contribution in [0.5, 0.6) is 0 Å². The van der Waals surface area contributed by atoms with Crippen molar-refractivity contribution in [1.29, 1.82) is 0 Å². The summed E-state index contributed by atoms with van der Waals surface area (Å²) in [6.07, 6.45) is 1.54. The van der Waals surface area contributed by atoms with E-state index < -0.39 is 0 Å². The molecule has 0 aliphatic carbocycles. The van der Waals surface area contributed by atoms with E-state index in [1.807, 2.05) is 37.3 Å². The molecule has 0 saturated heterocycles. The van der Waals surface area contributed by atoms with Crippen molar-refractivity contribution in [2.24, 2.45) is 0 Å². The van der Waals surface area contributed by atoms with Crippen LogP contribution in [-0.2, 0) is 6.54 Å². The van der Waals surface area contributed by atoms with Gasteiger partial charge in [0.25, 0.3) is 0 Å². The van der Waals surface area contributed by atoms with Gasteiger partial charge in [0.1, 0.15) is 18.0 Å². The first-order valence-corrected chi connectivity index (χ1v) is 6.20. The molecule has 94 valence electrons. The summed E-state index contributed by atoms with van der Waals surface area (Å²) in [6.45, 7) is 3.58. The van der Waals surface area contributed by atoms with E-state index in [2.05, 4.69) is 20.6 Å². The van der Waals surface area contributed by atoms with Crippen LogP contribution in [-0.4, -0.2) is 16.5 Å². The van der Waals surface area contributed by atoms with Gasteiger partial charge in [-0.05, 0) is 24.6 Å². The highest BCUT2D eigenvalue weighted by Crippen LogP contribution is 2.12. The van der Waals surface area contributed by atoms with Crippen LogP contribution in [0.1, 0.15) is 12.5 Å². The third-order valence-corrected chi connectivity index (χ3v) is 2.66. The van der Waals surface area contributed by atoms with Gasteiger partial charge in [-0.25, -0.2) is 9.97 Å². The first-order valence-electron chi connectivity index (χ1n) is 5.82. The number of anilines is 2. The van der Waals surface area contributed by atoms with Gasteiger partial charge >= 0.3 is 0 Å². The van der Waals surface area contributed by atoms with Crippen LogP contribution < -0.4 is 10.6 Å². The van der Waals surface area contributed by atoms with Gasteiger partial charge in [0.05, 0.1) is 0 Å². The fourth-order valence-electron chi connectivity index (χ4n) is 1.53. The smallest absolute Gasteiger partial charge is 0.131 e. The average Bonchev–Trinajstić information content (AvgIpc) is 2.39. The molecular weight excluding hydrogens is 248 g/mol. The second-order valence-electron chi connectivity index (χ2n) is 3.80. The van der Waals surface area contributed by atoms with E-state index in [-0.39, 0.29) is 0 Å². The van der Waals surface area contributed by atoms with E-state index in [1.54, 1.807) is 6.33 Å². The van der Waals surface area contributed by atoms with Crippen molar-refractivity contribution in [3.63, 3.8) is 0 Å². The minimum absolute atomic E-state index is 0.708. The largest absolute Gasteiger partial charge is 0.370 e. The summed E-state index contributed by atoms with van der Waals surface area (Å²) in [7, 11) is 0. The molecule has 0 saturated carbocycles. The number of benzene rings is 1. The third-order valence-electron chi connectivity index (χ3n) is 2.41. The standard InChI is InChI=1S/C13H15ClN4/c1-2-15-12-7-13(18-9-17-12)16-8-10-3-5-11(14)6-4-10/h3-7,9H,2,8H2,1H3,(H2,15,16,17,18). The topological polar surface area (TPSA) is 49.8 Å². The Balaban J connectivity index is 1.97. The monoisotopic (exact) mass is 262 g/mol. The minimum atomic E-state index is 0.708. The fourth-order valence-corrected chi connectivity index (χ4v) is 1.65. The molecule has 1 aromatic heterocycles. The Bertz CT molecular complexity index is 499. The predicted octanol–water partition coefficient (Wildman–Crippen LogP) is 3.17. The normalized spacial score (nSPS) is 10.1. The summed E-state index contributed by atoms with van der Waals surface area (Å²) in [5, 5.41) is 7.14. The van der Waals surface area contributed by atoms with Crippen molar-refractivity contribution in [3.8, 4) is 0 Å². The molecule has 1 heterocycles. The van der Waals surface area contributed by atoms with Crippen molar-refractivity contribution in [2.75, 3.05) is 17.2 Å². The number of hydrogen-bond donors (Lipinski definition) is 2. The third kappa shape index (κ3) is 3.60. The lowest BCUT2D eigenvalue weighted by Gasteiger charge is -2.07. The predicted molar refractivity (Wildman–Crippen MR) is 75.0 cm³/mol. The van der Waals surface area contributed by atoms with Gasteiger partial charge in [0.2, 0.25) is 0 Å². The summed E-state index contributed by atoms with van der Waals surface area (Å²) in [5.41, 5.74) is 1.16. The Hall–Kier alpha value is -1.81. The molecule has 0 atom stereocenters. The number of aromatic nitrogens is 2. The molecule has 5 heteroatoms. The van der Waals surface area contributed by atoms with Gasteiger partial charge in [-0.15, -0.1) is 0 Å². The van der Waals surface area contributed by atoms with E-state index in [9.17, 15) is 0 Å². The second kappa shape index (κ2) is 6.21. The molecule has 0 unspecified atom stereocenters. The van der Waals surface area contributed by atoms with Crippen molar-refractivity contribution in [3.05, 3.63) is 47.2 Å². The molecule has 0 aliphatic rings. The molecule has 0 amide bonds. The van der Waals surface area contributed by atoms with Gasteiger partial charge in [-0.3, -0.25) is 0 Å². The maximum absolute atomic E-state index is 5.84. The van der Waals surface area contributed by atoms with Crippen molar-refractivity contribution >= 4 is 23.2 Å². The van der Waals surface area contributed by atoms with Crippen molar-refractivity contribution in [1.82, 2.24) is 9.97 Å². The molecule has 0 spiro atoms. The quantitative estimate of drug-likeness (QED) is 0.869. The Morgan fingerprint density at radius 1 is 1.06 bits per heavy atom. The second-order valence-corrected chi connectivity index (χ2v) is 4.24. The van der Waals surface area contributed by atoms with Crippen molar-refractivity contribution < 1.29 is 0 Å². The lowest BCUT2D eigenvalue weighted by Crippen LogP contribution is -2.04. The Morgan fingerprint density at radius 3 is 2.39 bits per heavy atom. The molecule has 2 aromatic rings. The van der Waals surface area contributed by atoms with Crippen LogP contribution in [0.25, 0.3) is 0 Å². The number of hydrogen-bond acceptors (Lipinski definition) is 4. The number of nitrogens with zero attached hydrogens (tertiary/aromatic N) is 2. The fraction of sp³-hybridized carbons (Fsp3) is 0.231. The van der Waals surface area contributed by atoms with E-state index >= 15 is 0 Å². The van der Waals surface area contributed by atoms with Gasteiger partial charge in [-0.1, -0.05) is 23.7 Å². The van der Waals surface area contributed by atoms with Crippen LogP contribution in [0, 0.1) is 0 Å². The Morgan fingerprint density at radius 2 is 1.72 bits per heavy atom. The maximum atomic E-state index is 5.84. The van der Waals surface area contributed by atoms with E-state index in [0.717, 1.165) is 28.8 Å². The van der Waals surface area contributed by atoms with Crippen LogP contribution in [0.15, 0.2) is 36.7 Å². The van der Waals surface area contributed by atoms with Gasteiger partial charge in [0.15, 0.2) is 0 Å². The minimum Gasteiger partial charge on any atom is -0.370 e. The zero-order valence-corrected chi connectivity index (χ0v) is 10.9. The summed E-state index contributed by atoms with van der Waals surface area (Å²) < 4.78 is 0. The van der Waals surface area contributed by atoms with E-state index in [4.69, 9.17) is 11.6 Å². The summed E-state index contributed by atoms with van der Waals surface area (Å²) >= 11 is 5.84. The summed E-state index contributed by atoms with van der Waals surface area (Å²) in [6, 6.07) is 9.62. The van der Waals surface area contributed by atoms with E-state index in [0.29, 0.717) is 6.54 Å². The molecule has 2 rings (SSSR count). The highest BCUT2D eigenvalue weighted by molar-refractivity contribution is 6.30. The number of rotatable bonds is 5. The zero-order valence-electron chi connectivity index (χ0n) is 10.2. The molecule has 0 fully saturated rings. The highest BCUT2D eigenvalue weighted by Gasteiger charge is 1.98. The van der Waals surface area contributed by atoms with Crippen LogP contribution in [0.3, 0.4) is 0 Å². The van der Waals surface area contributed by atoms with E-state index in [1.165, 1.54) is 0 Å². The first kappa shape index (κ1) is 12.6. The lowest BCUT2D eigenvalue weighted by atomic mass is 10.2. The number of nitrogens with one attached hydrogen (secondary N) is 2. The van der Waals surface area contributed by atoms with Gasteiger partial charge < -0.3 is 10.6 Å². The van der Waals surface area contributed by atoms with Gasteiger partial charge in [0, 0.05) is 24.2 Å². The zero-order chi connectivity index (χ0) is 12.8. The highest BCUT2D eigenvalue weighted by atomic mass is 35.5. The molecule has 2 N–H and O–H groups in total. The molecule has 0 aliphatic heterocycles. The van der Waals surface area contributed by atoms with Crippen molar-refractivity contribution in [2.45, 2.75) is 13.5 Å². The summed E-state index contributed by atoms with van der Waals surface area (Å²) in [4.78, 5) is 8.28. The SMILES string of the molecule is CCNc1cc(NCc2ccc(Cl)cc2)ncn1. The Labute approximate surface area is 111 Å². The molecule has 0 bridgehead atoms. The summed E-state index contributed by atoms with van der Waals surface area (Å²) in [5.74, 6) is 1.63. The average molecular weight is 263 g/mol. The number of halogens is 1.